The maximum atomic E-state index is 15.3. The Bertz CT molecular complexity index is 2980. The van der Waals surface area contributed by atoms with Gasteiger partial charge in [-0.2, -0.15) is 26.3 Å². The molecule has 7 aromatic carbocycles. The van der Waals surface area contributed by atoms with E-state index in [0.717, 1.165) is 73.8 Å². The summed E-state index contributed by atoms with van der Waals surface area (Å²) in [4.78, 5) is 31.2. The van der Waals surface area contributed by atoms with Crippen molar-refractivity contribution < 1.29 is 46.1 Å². The molecule has 0 atom stereocenters. The van der Waals surface area contributed by atoms with Crippen LogP contribution in [-0.4, -0.2) is 48.5 Å². The molecule has 2 amide bonds. The molecule has 0 fully saturated rings. The normalized spacial score (nSPS) is 14.6. The smallest absolute Gasteiger partial charge is 0.411 e. The van der Waals surface area contributed by atoms with Crippen molar-refractivity contribution in [1.82, 2.24) is 0 Å². The summed E-state index contributed by atoms with van der Waals surface area (Å²) >= 11 is 0. The van der Waals surface area contributed by atoms with E-state index >= 15 is 26.3 Å². The topological polar surface area (TPSA) is 81.1 Å². The van der Waals surface area contributed by atoms with E-state index in [1.807, 2.05) is 56.3 Å². The average molecular weight is 843 g/mol. The highest BCUT2D eigenvalue weighted by Gasteiger charge is 2.72. The van der Waals surface area contributed by atoms with Crippen LogP contribution in [0.4, 0.5) is 37.7 Å². The number of halogens is 6. The van der Waals surface area contributed by atoms with Crippen LogP contribution in [0.5, 0.6) is 11.5 Å². The van der Waals surface area contributed by atoms with Gasteiger partial charge in [-0.25, -0.2) is 4.90 Å². The highest BCUT2D eigenvalue weighted by Crippen LogP contribution is 2.59. The molecule has 0 unspecified atom stereocenters. The van der Waals surface area contributed by atoms with Gasteiger partial charge in [-0.1, -0.05) is 91.0 Å². The molecule has 0 bridgehead atoms. The minimum atomic E-state index is -6.05. The van der Waals surface area contributed by atoms with Crippen LogP contribution in [0.15, 0.2) is 133 Å². The second-order valence-electron chi connectivity index (χ2n) is 16.1. The summed E-state index contributed by atoms with van der Waals surface area (Å²) < 4.78 is 92.0. The fraction of sp³-hybridized carbons (Fsp3) is 0.160. The zero-order valence-corrected chi connectivity index (χ0v) is 33.6. The van der Waals surface area contributed by atoms with Crippen LogP contribution in [0.3, 0.4) is 0 Å². The van der Waals surface area contributed by atoms with Crippen LogP contribution in [0, 0.1) is 13.8 Å². The van der Waals surface area contributed by atoms with Gasteiger partial charge in [-0.05, 0) is 112 Å². The van der Waals surface area contributed by atoms with E-state index in [1.54, 1.807) is 19.1 Å². The van der Waals surface area contributed by atoms with Crippen molar-refractivity contribution in [3.8, 4) is 22.6 Å². The molecule has 0 saturated heterocycles. The molecule has 1 aliphatic heterocycles. The summed E-state index contributed by atoms with van der Waals surface area (Å²) in [6, 6.07) is 33.5. The number of hydrogen-bond donors (Lipinski definition) is 2. The molecular formula is C50H36F6N2O4. The minimum absolute atomic E-state index is 0.109. The number of phenols is 2. The quantitative estimate of drug-likeness (QED) is 0.0990. The molecule has 0 saturated carbocycles. The van der Waals surface area contributed by atoms with Crippen LogP contribution in [0.2, 0.25) is 0 Å². The van der Waals surface area contributed by atoms with E-state index in [0.29, 0.717) is 29.8 Å². The first-order valence-corrected chi connectivity index (χ1v) is 19.5. The van der Waals surface area contributed by atoms with E-state index in [9.17, 15) is 19.8 Å². The van der Waals surface area contributed by atoms with Gasteiger partial charge in [0.15, 0.2) is 0 Å². The summed E-state index contributed by atoms with van der Waals surface area (Å²) in [6.45, 7) is 3.73. The Labute approximate surface area is 351 Å². The Morgan fingerprint density at radius 3 is 1.61 bits per heavy atom. The first-order chi connectivity index (χ1) is 29.3. The van der Waals surface area contributed by atoms with Gasteiger partial charge < -0.3 is 15.1 Å². The molecular weight excluding hydrogens is 807 g/mol. The highest BCUT2D eigenvalue weighted by molar-refractivity contribution is 6.34. The number of aromatic hydroxyl groups is 2. The van der Waals surface area contributed by atoms with Gasteiger partial charge in [0.2, 0.25) is 5.41 Å². The van der Waals surface area contributed by atoms with E-state index < -0.39 is 68.6 Å². The van der Waals surface area contributed by atoms with Gasteiger partial charge in [0.05, 0.1) is 22.2 Å². The molecule has 0 spiro atoms. The molecule has 1 aliphatic carbocycles. The van der Waals surface area contributed by atoms with Crippen LogP contribution in [0.25, 0.3) is 21.9 Å². The number of amides is 2. The number of anilines is 2. The van der Waals surface area contributed by atoms with Gasteiger partial charge in [0, 0.05) is 30.6 Å². The van der Waals surface area contributed by atoms with Crippen molar-refractivity contribution in [2.24, 2.45) is 0 Å². The number of fused-ring (bicyclic) bond motifs is 5. The Hall–Kier alpha value is -7.08. The van der Waals surface area contributed by atoms with Gasteiger partial charge in [-0.3, -0.25) is 9.59 Å². The summed E-state index contributed by atoms with van der Waals surface area (Å²) in [7, 11) is 3.93. The molecule has 2 N–H and O–H groups in total. The lowest BCUT2D eigenvalue weighted by Crippen LogP contribution is -2.54. The number of benzene rings is 7. The Balaban J connectivity index is 1.18. The number of carbonyl (C=O) groups is 2. The van der Waals surface area contributed by atoms with Gasteiger partial charge in [0.1, 0.15) is 11.5 Å². The van der Waals surface area contributed by atoms with E-state index in [4.69, 9.17) is 0 Å². The van der Waals surface area contributed by atoms with Crippen LogP contribution in [0.1, 0.15) is 65.2 Å². The third-order valence-electron chi connectivity index (χ3n) is 12.5. The summed E-state index contributed by atoms with van der Waals surface area (Å²) in [5.41, 5.74) is -0.781. The number of imide groups is 1. The average Bonchev–Trinajstić information content (AvgIpc) is 3.66. The van der Waals surface area contributed by atoms with Crippen molar-refractivity contribution in [3.05, 3.63) is 189 Å². The van der Waals surface area contributed by atoms with Crippen molar-refractivity contribution >= 4 is 34.0 Å². The molecule has 12 heteroatoms. The lowest BCUT2D eigenvalue weighted by molar-refractivity contribution is -0.288. The highest BCUT2D eigenvalue weighted by atomic mass is 19.4. The maximum Gasteiger partial charge on any atom is 0.411 e. The van der Waals surface area contributed by atoms with Crippen LogP contribution >= 0.6 is 0 Å². The predicted molar refractivity (Wildman–Crippen MR) is 225 cm³/mol. The van der Waals surface area contributed by atoms with Crippen molar-refractivity contribution in [1.29, 1.82) is 0 Å². The number of aryl methyl sites for hydroxylation is 2. The number of nitrogens with zero attached hydrogens (tertiary/aromatic N) is 2. The van der Waals surface area contributed by atoms with E-state index in [1.165, 1.54) is 0 Å². The maximum absolute atomic E-state index is 15.3. The Morgan fingerprint density at radius 2 is 1.05 bits per heavy atom. The molecule has 1 heterocycles. The second kappa shape index (κ2) is 13.7. The minimum Gasteiger partial charge on any atom is -0.507 e. The number of hydrogen-bond acceptors (Lipinski definition) is 5. The molecule has 62 heavy (non-hydrogen) atoms. The summed E-state index contributed by atoms with van der Waals surface area (Å²) in [5.74, 6) is -3.14. The van der Waals surface area contributed by atoms with Gasteiger partial charge in [0.25, 0.3) is 11.8 Å². The van der Waals surface area contributed by atoms with Crippen molar-refractivity contribution in [2.45, 2.75) is 37.0 Å². The molecule has 312 valence electrons. The molecule has 2 aliphatic rings. The zero-order valence-electron chi connectivity index (χ0n) is 33.6. The predicted octanol–water partition coefficient (Wildman–Crippen LogP) is 11.5. The lowest BCUT2D eigenvalue weighted by Gasteiger charge is -2.38. The van der Waals surface area contributed by atoms with Gasteiger partial charge in [-0.15, -0.1) is 0 Å². The number of phenolic OH excluding ortho intramolecular Hbond substituents is 2. The van der Waals surface area contributed by atoms with E-state index in [-0.39, 0.29) is 16.6 Å². The first kappa shape index (κ1) is 40.3. The van der Waals surface area contributed by atoms with Crippen LogP contribution < -0.4 is 9.80 Å². The lowest BCUT2D eigenvalue weighted by atomic mass is 9.67. The van der Waals surface area contributed by atoms with Crippen molar-refractivity contribution in [2.75, 3.05) is 23.9 Å². The van der Waals surface area contributed by atoms with E-state index in [2.05, 4.69) is 42.5 Å². The largest absolute Gasteiger partial charge is 0.507 e. The zero-order chi connectivity index (χ0) is 44.3. The molecule has 7 aromatic rings. The molecule has 9 rings (SSSR count). The molecule has 0 aromatic heterocycles. The number of alkyl halides is 6. The molecule has 6 nitrogen and oxygen atoms in total. The number of carbonyl (C=O) groups excluding carboxylic acids is 2. The first-order valence-electron chi connectivity index (χ1n) is 19.5. The molecule has 0 radical (unpaired) electrons. The summed E-state index contributed by atoms with van der Waals surface area (Å²) in [5, 5.41) is 20.0. The Morgan fingerprint density at radius 1 is 0.532 bits per heavy atom. The summed E-state index contributed by atoms with van der Waals surface area (Å²) in [6.07, 6.45) is -12.1. The van der Waals surface area contributed by atoms with Gasteiger partial charge >= 0.3 is 12.4 Å². The number of rotatable bonds is 6. The standard InChI is InChI=1S/C50H36F6N2O4/c1-27-23-29(15-19-41(27)57(3)4)47(39-11-7-5-9-33(39)34-10-6-8-12-40(34)47)30-16-20-42(28(2)24-30)58-45(61)36-18-14-32(26-38(36)46(58)62)48(49(51,52)53,50(54,55)56)31-13-17-35-37(25-31)44(60)22-21-43(35)59/h5-26,59-60H,1-4H3. The monoisotopic (exact) mass is 842 g/mol. The fourth-order valence-corrected chi connectivity index (χ4v) is 9.78. The van der Waals surface area contributed by atoms with Crippen LogP contribution in [-0.2, 0) is 10.8 Å². The third-order valence-corrected chi connectivity index (χ3v) is 12.5. The van der Waals surface area contributed by atoms with Crippen molar-refractivity contribution in [3.63, 3.8) is 0 Å². The third kappa shape index (κ3) is 5.44. The second-order valence-corrected chi connectivity index (χ2v) is 16.1. The SMILES string of the molecule is Cc1cc(C2(c3ccc(N4C(=O)c5ccc(C(c6ccc7c(O)ccc(O)c7c6)(C(F)(F)F)C(F)(F)F)cc5C4=O)c(C)c3)c3ccccc3-c3ccccc32)ccc1N(C)C. The fourth-order valence-electron chi connectivity index (χ4n) is 9.78. The Kier molecular flexibility index (Phi) is 8.92.